The van der Waals surface area contributed by atoms with Crippen LogP contribution >= 0.6 is 0 Å². The largest absolute Gasteiger partial charge is 0.479 e. The number of aliphatic hydroxyl groups is 4. The fourth-order valence-electron chi connectivity index (χ4n) is 4.39. The molecule has 0 aromatic carbocycles. The van der Waals surface area contributed by atoms with Gasteiger partial charge in [0.1, 0.15) is 18.3 Å². The molecule has 2 saturated heterocycles. The Hall–Kier alpha value is -1.38. The van der Waals surface area contributed by atoms with E-state index >= 15 is 0 Å². The molecule has 1 amide bonds. The number of carbonyl (C=O) groups is 2. The van der Waals surface area contributed by atoms with Gasteiger partial charge < -0.3 is 49.8 Å². The lowest BCUT2D eigenvalue weighted by molar-refractivity contribution is -0.230. The predicted molar refractivity (Wildman–Crippen MR) is 108 cm³/mol. The summed E-state index contributed by atoms with van der Waals surface area (Å²) >= 11 is 0. The number of carbonyl (C=O) groups excluding carboxylic acids is 1. The minimum atomic E-state index is -1.41. The van der Waals surface area contributed by atoms with Crippen LogP contribution in [0.5, 0.6) is 0 Å². The third kappa shape index (κ3) is 6.14. The predicted octanol–water partition coefficient (Wildman–Crippen LogP) is -2.51. The van der Waals surface area contributed by atoms with Crippen molar-refractivity contribution in [3.63, 3.8) is 0 Å². The van der Waals surface area contributed by atoms with Crippen molar-refractivity contribution < 1.29 is 54.1 Å². The normalized spacial score (nSPS) is 40.1. The molecule has 12 nitrogen and oxygen atoms in total. The van der Waals surface area contributed by atoms with Crippen molar-refractivity contribution >= 4 is 11.9 Å². The average Bonchev–Trinajstić information content (AvgIpc) is 2.74. The Morgan fingerprint density at radius 2 is 1.62 bits per heavy atom. The third-order valence-electron chi connectivity index (χ3n) is 6.06. The SMILES string of the molecule is CCC1OC(CO)C(O)C(COCC2OC(C(=O)O)C(COC)C(O)C2O)C1NC(C)=O. The smallest absolute Gasteiger partial charge is 0.333 e. The van der Waals surface area contributed by atoms with Gasteiger partial charge in [0, 0.05) is 25.9 Å². The average molecular weight is 465 g/mol. The number of hydrogen-bond acceptors (Lipinski definition) is 10. The van der Waals surface area contributed by atoms with Crippen LogP contribution in [0.4, 0.5) is 0 Å². The first kappa shape index (κ1) is 26.9. The second-order valence-electron chi connectivity index (χ2n) is 8.26. The van der Waals surface area contributed by atoms with Gasteiger partial charge in [0.25, 0.3) is 0 Å². The van der Waals surface area contributed by atoms with Crippen LogP contribution in [-0.2, 0) is 28.5 Å². The molecule has 0 spiro atoms. The molecule has 0 saturated carbocycles. The summed E-state index contributed by atoms with van der Waals surface area (Å²) in [6, 6.07) is -0.587. The van der Waals surface area contributed by atoms with E-state index in [4.69, 9.17) is 18.9 Å². The number of ether oxygens (including phenoxy) is 4. The molecule has 2 aliphatic rings. The highest BCUT2D eigenvalue weighted by Gasteiger charge is 2.48. The van der Waals surface area contributed by atoms with Crippen LogP contribution in [0, 0.1) is 11.8 Å². The summed E-state index contributed by atoms with van der Waals surface area (Å²) in [6.07, 6.45) is -7.28. The Balaban J connectivity index is 2.07. The van der Waals surface area contributed by atoms with Gasteiger partial charge in [-0.1, -0.05) is 6.92 Å². The Morgan fingerprint density at radius 3 is 2.16 bits per heavy atom. The van der Waals surface area contributed by atoms with Crippen molar-refractivity contribution in [3.05, 3.63) is 0 Å². The van der Waals surface area contributed by atoms with Crippen molar-refractivity contribution in [3.8, 4) is 0 Å². The molecule has 2 fully saturated rings. The van der Waals surface area contributed by atoms with Gasteiger partial charge in [0.2, 0.25) is 5.91 Å². The third-order valence-corrected chi connectivity index (χ3v) is 6.06. The van der Waals surface area contributed by atoms with Gasteiger partial charge in [0.15, 0.2) is 6.10 Å². The number of aliphatic carboxylic acids is 1. The highest BCUT2D eigenvalue weighted by molar-refractivity contribution is 5.73. The van der Waals surface area contributed by atoms with Crippen LogP contribution in [0.25, 0.3) is 0 Å². The van der Waals surface area contributed by atoms with Crippen LogP contribution in [0.1, 0.15) is 20.3 Å². The number of hydrogen-bond donors (Lipinski definition) is 6. The van der Waals surface area contributed by atoms with Gasteiger partial charge in [-0.25, -0.2) is 4.79 Å². The summed E-state index contributed by atoms with van der Waals surface area (Å²) < 4.78 is 21.8. The molecule has 2 heterocycles. The first-order chi connectivity index (χ1) is 15.2. The van der Waals surface area contributed by atoms with E-state index in [1.807, 2.05) is 6.92 Å². The standard InChI is InChI=1S/C20H35NO11/c1-4-12-15(21-9(2)23)10(16(24)13(5-22)31-12)7-30-8-14-18(26)17(25)11(6-29-3)19(32-14)20(27)28/h10-19,22,24-26H,4-8H2,1-3H3,(H,21,23)(H,27,28). The number of carboxylic acids is 1. The zero-order chi connectivity index (χ0) is 24.0. The van der Waals surface area contributed by atoms with E-state index in [0.717, 1.165) is 0 Å². The summed E-state index contributed by atoms with van der Waals surface area (Å²) in [4.78, 5) is 23.2. The van der Waals surface area contributed by atoms with E-state index in [2.05, 4.69) is 5.32 Å². The number of amides is 1. The van der Waals surface area contributed by atoms with Gasteiger partial charge in [0.05, 0.1) is 50.8 Å². The number of carboxylic acid groups (broad SMARTS) is 1. The maximum atomic E-state index is 11.7. The minimum absolute atomic E-state index is 0.0929. The summed E-state index contributed by atoms with van der Waals surface area (Å²) in [6.45, 7) is 2.30. The van der Waals surface area contributed by atoms with Crippen LogP contribution in [0.2, 0.25) is 0 Å². The van der Waals surface area contributed by atoms with E-state index < -0.39 is 73.2 Å². The first-order valence-electron chi connectivity index (χ1n) is 10.7. The lowest BCUT2D eigenvalue weighted by atomic mass is 9.83. The molecule has 10 unspecified atom stereocenters. The molecule has 0 aliphatic carbocycles. The summed E-state index contributed by atoms with van der Waals surface area (Å²) in [5.74, 6) is -3.22. The van der Waals surface area contributed by atoms with Crippen LogP contribution in [0.3, 0.4) is 0 Å². The van der Waals surface area contributed by atoms with Gasteiger partial charge in [-0.3, -0.25) is 4.79 Å². The fraction of sp³-hybridized carbons (Fsp3) is 0.900. The molecule has 32 heavy (non-hydrogen) atoms. The lowest BCUT2D eigenvalue weighted by Gasteiger charge is -2.45. The van der Waals surface area contributed by atoms with Gasteiger partial charge in [-0.2, -0.15) is 0 Å². The van der Waals surface area contributed by atoms with Crippen molar-refractivity contribution in [2.75, 3.05) is 33.5 Å². The number of aliphatic hydroxyl groups excluding tert-OH is 4. The van der Waals surface area contributed by atoms with Gasteiger partial charge in [-0.15, -0.1) is 0 Å². The van der Waals surface area contributed by atoms with Crippen LogP contribution in [-0.4, -0.2) is 120 Å². The molecule has 0 aromatic heterocycles. The summed E-state index contributed by atoms with van der Waals surface area (Å²) in [5, 5.41) is 53.1. The molecule has 0 radical (unpaired) electrons. The second-order valence-corrected chi connectivity index (χ2v) is 8.26. The van der Waals surface area contributed by atoms with E-state index in [0.29, 0.717) is 6.42 Å². The Kier molecular flexibility index (Phi) is 10.2. The molecule has 2 rings (SSSR count). The maximum Gasteiger partial charge on any atom is 0.333 e. The lowest BCUT2D eigenvalue weighted by Crippen LogP contribution is -2.62. The van der Waals surface area contributed by atoms with Crippen molar-refractivity contribution in [1.82, 2.24) is 5.32 Å². The Morgan fingerprint density at radius 1 is 0.938 bits per heavy atom. The topological polar surface area (TPSA) is 184 Å². The number of methoxy groups -OCH3 is 1. The molecular formula is C20H35NO11. The quantitative estimate of drug-likeness (QED) is 0.200. The fourth-order valence-corrected chi connectivity index (χ4v) is 4.39. The molecule has 12 heteroatoms. The number of rotatable bonds is 10. The first-order valence-corrected chi connectivity index (χ1v) is 10.7. The van der Waals surface area contributed by atoms with Crippen molar-refractivity contribution in [1.29, 1.82) is 0 Å². The highest BCUT2D eigenvalue weighted by atomic mass is 16.6. The van der Waals surface area contributed by atoms with E-state index in [1.54, 1.807) is 0 Å². The van der Waals surface area contributed by atoms with E-state index in [1.165, 1.54) is 14.0 Å². The molecular weight excluding hydrogens is 430 g/mol. The maximum absolute atomic E-state index is 11.7. The monoisotopic (exact) mass is 465 g/mol. The molecule has 10 atom stereocenters. The van der Waals surface area contributed by atoms with Gasteiger partial charge in [-0.05, 0) is 6.42 Å². The minimum Gasteiger partial charge on any atom is -0.479 e. The highest BCUT2D eigenvalue weighted by Crippen LogP contribution is 2.30. The molecule has 2 aliphatic heterocycles. The van der Waals surface area contributed by atoms with Crippen molar-refractivity contribution in [2.24, 2.45) is 11.8 Å². The zero-order valence-electron chi connectivity index (χ0n) is 18.5. The van der Waals surface area contributed by atoms with Crippen LogP contribution < -0.4 is 5.32 Å². The van der Waals surface area contributed by atoms with E-state index in [-0.39, 0.29) is 25.7 Å². The molecule has 186 valence electrons. The molecule has 6 N–H and O–H groups in total. The van der Waals surface area contributed by atoms with Crippen molar-refractivity contribution in [2.45, 2.75) is 69.0 Å². The second kappa shape index (κ2) is 12.2. The molecule has 0 bridgehead atoms. The van der Waals surface area contributed by atoms with Gasteiger partial charge >= 0.3 is 5.97 Å². The Labute approximate surface area is 186 Å². The molecule has 0 aromatic rings. The van der Waals surface area contributed by atoms with Crippen LogP contribution in [0.15, 0.2) is 0 Å². The number of nitrogens with one attached hydrogen (secondary N) is 1. The Bertz CT molecular complexity index is 620. The summed E-state index contributed by atoms with van der Waals surface area (Å²) in [5.41, 5.74) is 0. The summed E-state index contributed by atoms with van der Waals surface area (Å²) in [7, 11) is 1.35. The van der Waals surface area contributed by atoms with E-state index in [9.17, 15) is 35.1 Å². The zero-order valence-corrected chi connectivity index (χ0v) is 18.5.